The van der Waals surface area contributed by atoms with Gasteiger partial charge in [0, 0.05) is 24.6 Å². The van der Waals surface area contributed by atoms with Gasteiger partial charge in [-0.1, -0.05) is 35.9 Å². The summed E-state index contributed by atoms with van der Waals surface area (Å²) in [5.41, 5.74) is 2.58. The number of anilines is 1. The fourth-order valence-corrected chi connectivity index (χ4v) is 4.39. The molecule has 0 bridgehead atoms. The first-order valence-electron chi connectivity index (χ1n) is 10.5. The predicted octanol–water partition coefficient (Wildman–Crippen LogP) is 5.43. The van der Waals surface area contributed by atoms with Crippen LogP contribution < -0.4 is 9.64 Å². The number of ether oxygens (including phenoxy) is 1. The van der Waals surface area contributed by atoms with E-state index in [1.807, 2.05) is 42.5 Å². The molecule has 1 aliphatic rings. The Morgan fingerprint density at radius 3 is 2.59 bits per heavy atom. The molecule has 1 aliphatic heterocycles. The zero-order chi connectivity index (χ0) is 22.1. The Hall–Kier alpha value is -3.38. The van der Waals surface area contributed by atoms with Crippen molar-refractivity contribution < 1.29 is 13.9 Å². The van der Waals surface area contributed by atoms with Crippen molar-refractivity contribution in [2.45, 2.75) is 18.9 Å². The third-order valence-corrected chi connectivity index (χ3v) is 6.03. The molecule has 0 aliphatic carbocycles. The monoisotopic (exact) mass is 449 g/mol. The topological polar surface area (TPSA) is 47.4 Å². The highest BCUT2D eigenvalue weighted by Gasteiger charge is 2.34. The lowest BCUT2D eigenvalue weighted by molar-refractivity contribution is -0.117. The summed E-state index contributed by atoms with van der Waals surface area (Å²) in [4.78, 5) is 19.3. The minimum atomic E-state index is -0.322. The van der Waals surface area contributed by atoms with E-state index < -0.39 is 0 Å². The Morgan fingerprint density at radius 1 is 1.03 bits per heavy atom. The Morgan fingerprint density at radius 2 is 1.78 bits per heavy atom. The molecule has 1 amide bonds. The normalized spacial score (nSPS) is 16.1. The Labute approximate surface area is 190 Å². The number of imidazole rings is 1. The first-order chi connectivity index (χ1) is 15.6. The van der Waals surface area contributed by atoms with Crippen LogP contribution in [0.1, 0.15) is 18.2 Å². The number of carbonyl (C=O) groups is 1. The molecule has 1 atom stereocenters. The minimum absolute atomic E-state index is 0.00697. The van der Waals surface area contributed by atoms with Gasteiger partial charge in [0.25, 0.3) is 0 Å². The molecule has 3 aromatic carbocycles. The van der Waals surface area contributed by atoms with Gasteiger partial charge < -0.3 is 14.2 Å². The van der Waals surface area contributed by atoms with Gasteiger partial charge in [-0.25, -0.2) is 9.37 Å². The van der Waals surface area contributed by atoms with Crippen molar-refractivity contribution in [3.8, 4) is 5.75 Å². The lowest BCUT2D eigenvalue weighted by Crippen LogP contribution is -2.24. The fourth-order valence-electron chi connectivity index (χ4n) is 4.20. The SMILES string of the molecule is O=C1C[C@@H](c2nc3ccccc3n2CCOc2ccccc2Cl)CN1c1ccc(F)cc1. The van der Waals surface area contributed by atoms with Gasteiger partial charge in [0.05, 0.1) is 22.6 Å². The number of halogens is 2. The molecule has 1 saturated heterocycles. The second kappa shape index (κ2) is 8.63. The van der Waals surface area contributed by atoms with E-state index in [1.54, 1.807) is 23.1 Å². The van der Waals surface area contributed by atoms with Crippen molar-refractivity contribution >= 4 is 34.2 Å². The number of hydrogen-bond donors (Lipinski definition) is 0. The van der Waals surface area contributed by atoms with Crippen molar-refractivity contribution in [1.29, 1.82) is 0 Å². The summed E-state index contributed by atoms with van der Waals surface area (Å²) in [7, 11) is 0. The number of nitrogens with zero attached hydrogens (tertiary/aromatic N) is 3. The molecule has 0 spiro atoms. The van der Waals surface area contributed by atoms with Crippen molar-refractivity contribution in [2.75, 3.05) is 18.1 Å². The van der Waals surface area contributed by atoms with Gasteiger partial charge in [-0.15, -0.1) is 0 Å². The van der Waals surface area contributed by atoms with Crippen LogP contribution >= 0.6 is 11.6 Å². The lowest BCUT2D eigenvalue weighted by atomic mass is 10.1. The van der Waals surface area contributed by atoms with Crippen LogP contribution in [0.2, 0.25) is 5.02 Å². The van der Waals surface area contributed by atoms with Crippen LogP contribution in [-0.2, 0) is 11.3 Å². The van der Waals surface area contributed by atoms with Crippen LogP contribution in [-0.4, -0.2) is 28.6 Å². The van der Waals surface area contributed by atoms with Gasteiger partial charge in [0.1, 0.15) is 24.0 Å². The van der Waals surface area contributed by atoms with Crippen molar-refractivity contribution in [1.82, 2.24) is 9.55 Å². The van der Waals surface area contributed by atoms with E-state index in [0.29, 0.717) is 42.6 Å². The molecule has 5 rings (SSSR count). The van der Waals surface area contributed by atoms with E-state index in [-0.39, 0.29) is 17.6 Å². The van der Waals surface area contributed by atoms with E-state index in [2.05, 4.69) is 4.57 Å². The van der Waals surface area contributed by atoms with Gasteiger partial charge in [-0.05, 0) is 48.5 Å². The summed E-state index contributed by atoms with van der Waals surface area (Å²) < 4.78 is 21.3. The summed E-state index contributed by atoms with van der Waals surface area (Å²) in [6, 6.07) is 21.3. The summed E-state index contributed by atoms with van der Waals surface area (Å²) in [5, 5.41) is 0.569. The second-order valence-electron chi connectivity index (χ2n) is 7.77. The molecule has 1 fully saturated rings. The van der Waals surface area contributed by atoms with E-state index in [0.717, 1.165) is 16.9 Å². The number of hydrogen-bond acceptors (Lipinski definition) is 3. The smallest absolute Gasteiger partial charge is 0.227 e. The highest BCUT2D eigenvalue weighted by molar-refractivity contribution is 6.32. The molecule has 5 nitrogen and oxygen atoms in total. The largest absolute Gasteiger partial charge is 0.490 e. The highest BCUT2D eigenvalue weighted by atomic mass is 35.5. The van der Waals surface area contributed by atoms with E-state index >= 15 is 0 Å². The predicted molar refractivity (Wildman–Crippen MR) is 123 cm³/mol. The van der Waals surface area contributed by atoms with Crippen LogP contribution in [0.3, 0.4) is 0 Å². The van der Waals surface area contributed by atoms with Gasteiger partial charge in [0.2, 0.25) is 5.91 Å². The summed E-state index contributed by atoms with van der Waals surface area (Å²) in [6.45, 7) is 1.49. The van der Waals surface area contributed by atoms with Gasteiger partial charge in [-0.3, -0.25) is 4.79 Å². The standard InChI is InChI=1S/C25H21ClFN3O2/c26-20-5-1-4-8-23(20)32-14-13-29-22-7-3-2-6-21(22)28-25(29)17-15-24(31)30(16-17)19-11-9-18(27)10-12-19/h1-12,17H,13-16H2/t17-/m1/s1. The maximum Gasteiger partial charge on any atom is 0.227 e. The summed E-state index contributed by atoms with van der Waals surface area (Å²) >= 11 is 6.20. The van der Waals surface area contributed by atoms with E-state index in [9.17, 15) is 9.18 Å². The average Bonchev–Trinajstić information content (AvgIpc) is 3.36. The number of para-hydroxylation sites is 3. The first-order valence-corrected chi connectivity index (χ1v) is 10.9. The third kappa shape index (κ3) is 3.94. The van der Waals surface area contributed by atoms with Crippen LogP contribution in [0, 0.1) is 5.82 Å². The molecule has 0 radical (unpaired) electrons. The number of fused-ring (bicyclic) bond motifs is 1. The zero-order valence-corrected chi connectivity index (χ0v) is 18.0. The molecule has 4 aromatic rings. The van der Waals surface area contributed by atoms with Crippen LogP contribution in [0.5, 0.6) is 5.75 Å². The molecule has 162 valence electrons. The molecule has 0 saturated carbocycles. The average molecular weight is 450 g/mol. The molecular formula is C25H21ClFN3O2. The van der Waals surface area contributed by atoms with Crippen molar-refractivity contribution in [3.05, 3.63) is 89.5 Å². The Kier molecular flexibility index (Phi) is 5.53. The molecule has 32 heavy (non-hydrogen) atoms. The van der Waals surface area contributed by atoms with Crippen molar-refractivity contribution in [3.63, 3.8) is 0 Å². The lowest BCUT2D eigenvalue weighted by Gasteiger charge is -2.17. The second-order valence-corrected chi connectivity index (χ2v) is 8.18. The van der Waals surface area contributed by atoms with Crippen LogP contribution in [0.25, 0.3) is 11.0 Å². The number of carbonyl (C=O) groups excluding carboxylic acids is 1. The van der Waals surface area contributed by atoms with E-state index in [1.165, 1.54) is 12.1 Å². The van der Waals surface area contributed by atoms with Gasteiger partial charge >= 0.3 is 0 Å². The Balaban J connectivity index is 1.41. The van der Waals surface area contributed by atoms with Gasteiger partial charge in [-0.2, -0.15) is 0 Å². The van der Waals surface area contributed by atoms with Gasteiger partial charge in [0.15, 0.2) is 0 Å². The highest BCUT2D eigenvalue weighted by Crippen LogP contribution is 2.33. The minimum Gasteiger partial charge on any atom is -0.490 e. The quantitative estimate of drug-likeness (QED) is 0.394. The number of benzene rings is 3. The third-order valence-electron chi connectivity index (χ3n) is 5.72. The maximum absolute atomic E-state index is 13.3. The Bertz CT molecular complexity index is 1270. The summed E-state index contributed by atoms with van der Waals surface area (Å²) in [5.74, 6) is 1.11. The molecule has 2 heterocycles. The maximum atomic E-state index is 13.3. The number of aromatic nitrogens is 2. The van der Waals surface area contributed by atoms with Crippen LogP contribution in [0.4, 0.5) is 10.1 Å². The fraction of sp³-hybridized carbons (Fsp3) is 0.200. The van der Waals surface area contributed by atoms with E-state index in [4.69, 9.17) is 21.3 Å². The first kappa shape index (κ1) is 20.5. The van der Waals surface area contributed by atoms with Crippen molar-refractivity contribution in [2.24, 2.45) is 0 Å². The summed E-state index contributed by atoms with van der Waals surface area (Å²) in [6.07, 6.45) is 0.353. The number of rotatable bonds is 6. The molecule has 0 unspecified atom stereocenters. The number of amides is 1. The molecule has 1 aromatic heterocycles. The molecular weight excluding hydrogens is 429 g/mol. The van der Waals surface area contributed by atoms with Crippen LogP contribution in [0.15, 0.2) is 72.8 Å². The molecule has 0 N–H and O–H groups in total. The zero-order valence-electron chi connectivity index (χ0n) is 17.2. The molecule has 7 heteroatoms.